The average molecular weight is 315 g/mol. The van der Waals surface area contributed by atoms with Crippen molar-refractivity contribution in [2.45, 2.75) is 25.9 Å². The lowest BCUT2D eigenvalue weighted by atomic mass is 10.2. The highest BCUT2D eigenvalue weighted by molar-refractivity contribution is 7.99. The number of carbonyl (C=O) groups is 2. The molecule has 0 aliphatic carbocycles. The molecule has 2 rings (SSSR count). The minimum absolute atomic E-state index is 0.137. The number of hydrogen-bond donors (Lipinski definition) is 2. The molecule has 1 aromatic rings. The van der Waals surface area contributed by atoms with Gasteiger partial charge in [0.1, 0.15) is 9.88 Å². The number of urea groups is 1. The Kier molecular flexibility index (Phi) is 4.87. The van der Waals surface area contributed by atoms with Gasteiger partial charge in [-0.3, -0.25) is 0 Å². The van der Waals surface area contributed by atoms with Crippen LogP contribution in [0.15, 0.2) is 0 Å². The molecule has 0 bridgehead atoms. The number of carbonyl (C=O) groups excluding carboxylic acids is 1. The van der Waals surface area contributed by atoms with Gasteiger partial charge in [-0.15, -0.1) is 11.3 Å². The van der Waals surface area contributed by atoms with Gasteiger partial charge in [-0.2, -0.15) is 11.8 Å². The molecule has 2 N–H and O–H groups in total. The molecule has 0 aromatic carbocycles. The van der Waals surface area contributed by atoms with E-state index in [0.29, 0.717) is 10.7 Å². The van der Waals surface area contributed by atoms with Gasteiger partial charge in [-0.05, 0) is 19.1 Å². The molecule has 0 radical (unpaired) electrons. The van der Waals surface area contributed by atoms with Crippen LogP contribution in [0.2, 0.25) is 0 Å². The van der Waals surface area contributed by atoms with E-state index in [0.717, 1.165) is 29.3 Å². The summed E-state index contributed by atoms with van der Waals surface area (Å²) in [6, 6.07) is 0.148. The Balaban J connectivity index is 1.89. The van der Waals surface area contributed by atoms with Gasteiger partial charge in [0.15, 0.2) is 0 Å². The monoisotopic (exact) mass is 315 g/mol. The zero-order valence-electron chi connectivity index (χ0n) is 11.4. The number of nitrogens with one attached hydrogen (secondary N) is 1. The molecule has 1 fully saturated rings. The van der Waals surface area contributed by atoms with Crippen molar-refractivity contribution in [3.63, 3.8) is 0 Å². The first-order chi connectivity index (χ1) is 9.49. The predicted octanol–water partition coefficient (Wildman–Crippen LogP) is 1.80. The lowest BCUT2D eigenvalue weighted by Crippen LogP contribution is -2.43. The van der Waals surface area contributed by atoms with E-state index in [1.807, 2.05) is 11.8 Å². The number of amides is 2. The SMILES string of the molecule is Cc1nc(CNC(=O)N(C)C2CCSC2)sc1C(=O)O. The average Bonchev–Trinajstić information content (AvgIpc) is 3.04. The van der Waals surface area contributed by atoms with Crippen LogP contribution in [-0.2, 0) is 6.54 Å². The second-order valence-electron chi connectivity index (χ2n) is 4.61. The van der Waals surface area contributed by atoms with Crippen LogP contribution < -0.4 is 5.32 Å². The number of carboxylic acid groups (broad SMARTS) is 1. The van der Waals surface area contributed by atoms with Crippen molar-refractivity contribution < 1.29 is 14.7 Å². The Morgan fingerprint density at radius 2 is 2.30 bits per heavy atom. The van der Waals surface area contributed by atoms with Gasteiger partial charge in [-0.1, -0.05) is 0 Å². The Morgan fingerprint density at radius 1 is 1.55 bits per heavy atom. The number of aromatic carboxylic acids is 1. The van der Waals surface area contributed by atoms with E-state index in [9.17, 15) is 9.59 Å². The highest BCUT2D eigenvalue weighted by atomic mass is 32.2. The Hall–Kier alpha value is -1.28. The molecule has 0 saturated carbocycles. The van der Waals surface area contributed by atoms with E-state index in [1.54, 1.807) is 18.9 Å². The number of carboxylic acids is 1. The quantitative estimate of drug-likeness (QED) is 0.885. The van der Waals surface area contributed by atoms with Crippen molar-refractivity contribution >= 4 is 35.1 Å². The summed E-state index contributed by atoms with van der Waals surface area (Å²) in [6.07, 6.45) is 1.02. The minimum atomic E-state index is -0.974. The van der Waals surface area contributed by atoms with E-state index < -0.39 is 5.97 Å². The summed E-state index contributed by atoms with van der Waals surface area (Å²) in [5, 5.41) is 12.4. The molecule has 2 heterocycles. The Labute approximate surface area is 125 Å². The first-order valence-corrected chi connectivity index (χ1v) is 8.24. The van der Waals surface area contributed by atoms with Crippen molar-refractivity contribution in [1.82, 2.24) is 15.2 Å². The van der Waals surface area contributed by atoms with E-state index in [1.165, 1.54) is 0 Å². The number of aryl methyl sites for hydroxylation is 1. The van der Waals surface area contributed by atoms with Gasteiger partial charge >= 0.3 is 12.0 Å². The lowest BCUT2D eigenvalue weighted by Gasteiger charge is -2.23. The summed E-state index contributed by atoms with van der Waals surface area (Å²) < 4.78 is 0. The van der Waals surface area contributed by atoms with Crippen molar-refractivity contribution in [1.29, 1.82) is 0 Å². The van der Waals surface area contributed by atoms with Crippen molar-refractivity contribution in [3.8, 4) is 0 Å². The number of aromatic nitrogens is 1. The summed E-state index contributed by atoms with van der Waals surface area (Å²) in [4.78, 5) is 29.0. The lowest BCUT2D eigenvalue weighted by molar-refractivity contribution is 0.0701. The maximum atomic E-state index is 12.0. The number of nitrogens with zero attached hydrogens (tertiary/aromatic N) is 2. The van der Waals surface area contributed by atoms with Gasteiger partial charge in [-0.25, -0.2) is 14.6 Å². The first-order valence-electron chi connectivity index (χ1n) is 6.27. The topological polar surface area (TPSA) is 82.5 Å². The normalized spacial score (nSPS) is 18.0. The van der Waals surface area contributed by atoms with E-state index in [4.69, 9.17) is 5.11 Å². The molecule has 0 spiro atoms. The zero-order valence-corrected chi connectivity index (χ0v) is 13.0. The van der Waals surface area contributed by atoms with Gasteiger partial charge in [0.2, 0.25) is 0 Å². The third kappa shape index (κ3) is 3.43. The van der Waals surface area contributed by atoms with Crippen molar-refractivity contribution in [3.05, 3.63) is 15.6 Å². The van der Waals surface area contributed by atoms with Crippen LogP contribution in [0.4, 0.5) is 4.79 Å². The van der Waals surface area contributed by atoms with Crippen molar-refractivity contribution in [2.24, 2.45) is 0 Å². The number of thiazole rings is 1. The summed E-state index contributed by atoms with van der Waals surface area (Å²) in [6.45, 7) is 1.93. The van der Waals surface area contributed by atoms with Crippen LogP contribution in [0, 0.1) is 6.92 Å². The van der Waals surface area contributed by atoms with Crippen LogP contribution in [0.5, 0.6) is 0 Å². The molecule has 1 aliphatic rings. The van der Waals surface area contributed by atoms with Gasteiger partial charge in [0, 0.05) is 18.8 Å². The van der Waals surface area contributed by atoms with Gasteiger partial charge in [0.05, 0.1) is 12.2 Å². The second kappa shape index (κ2) is 6.45. The van der Waals surface area contributed by atoms with Gasteiger partial charge < -0.3 is 15.3 Å². The molecule has 110 valence electrons. The third-order valence-electron chi connectivity index (χ3n) is 3.20. The number of hydrogen-bond acceptors (Lipinski definition) is 5. The van der Waals surface area contributed by atoms with Crippen LogP contribution >= 0.6 is 23.1 Å². The smallest absolute Gasteiger partial charge is 0.347 e. The highest BCUT2D eigenvalue weighted by Gasteiger charge is 2.24. The van der Waals surface area contributed by atoms with E-state index >= 15 is 0 Å². The minimum Gasteiger partial charge on any atom is -0.477 e. The molecule has 20 heavy (non-hydrogen) atoms. The predicted molar refractivity (Wildman–Crippen MR) is 79.5 cm³/mol. The highest BCUT2D eigenvalue weighted by Crippen LogP contribution is 2.21. The Bertz CT molecular complexity index is 512. The summed E-state index contributed by atoms with van der Waals surface area (Å²) in [5.74, 6) is 1.09. The molecule has 1 aliphatic heterocycles. The molecule has 2 amide bonds. The van der Waals surface area contributed by atoms with E-state index in [2.05, 4.69) is 10.3 Å². The fraction of sp³-hybridized carbons (Fsp3) is 0.583. The van der Waals surface area contributed by atoms with Crippen molar-refractivity contribution in [2.75, 3.05) is 18.6 Å². The fourth-order valence-corrected chi connectivity index (χ4v) is 4.11. The van der Waals surface area contributed by atoms with Crippen LogP contribution in [0.25, 0.3) is 0 Å². The standard InChI is InChI=1S/C12H17N3O3S2/c1-7-10(11(16)17)20-9(14-7)5-13-12(18)15(2)8-3-4-19-6-8/h8H,3-6H2,1-2H3,(H,13,18)(H,16,17). The Morgan fingerprint density at radius 3 is 2.85 bits per heavy atom. The first kappa shape index (κ1) is 15.1. The molecular weight excluding hydrogens is 298 g/mol. The molecule has 8 heteroatoms. The number of thioether (sulfide) groups is 1. The molecule has 1 unspecified atom stereocenters. The fourth-order valence-electron chi connectivity index (χ4n) is 2.00. The summed E-state index contributed by atoms with van der Waals surface area (Å²) >= 11 is 2.96. The maximum absolute atomic E-state index is 12.0. The number of rotatable bonds is 4. The zero-order chi connectivity index (χ0) is 14.7. The third-order valence-corrected chi connectivity index (χ3v) is 5.49. The summed E-state index contributed by atoms with van der Waals surface area (Å²) in [5.41, 5.74) is 0.493. The largest absolute Gasteiger partial charge is 0.477 e. The van der Waals surface area contributed by atoms with Gasteiger partial charge in [0.25, 0.3) is 0 Å². The molecule has 1 saturated heterocycles. The van der Waals surface area contributed by atoms with E-state index in [-0.39, 0.29) is 23.5 Å². The summed E-state index contributed by atoms with van der Waals surface area (Å²) in [7, 11) is 1.79. The molecule has 1 aromatic heterocycles. The van der Waals surface area contributed by atoms with Crippen LogP contribution in [0.1, 0.15) is 26.8 Å². The molecule has 1 atom stereocenters. The molecular formula is C12H17N3O3S2. The second-order valence-corrected chi connectivity index (χ2v) is 6.85. The van der Waals surface area contributed by atoms with Crippen LogP contribution in [0.3, 0.4) is 0 Å². The molecule has 6 nitrogen and oxygen atoms in total. The van der Waals surface area contributed by atoms with Crippen LogP contribution in [-0.4, -0.2) is 51.6 Å². The maximum Gasteiger partial charge on any atom is 0.347 e.